The molecule has 8 heterocycles. The number of piperazine rings is 2. The molecule has 5 aliphatic heterocycles. The van der Waals surface area contributed by atoms with Gasteiger partial charge in [0.15, 0.2) is 11.6 Å². The minimum atomic E-state index is -4.34. The van der Waals surface area contributed by atoms with Gasteiger partial charge in [-0.15, -0.1) is 0 Å². The molecule has 8 aliphatic rings. The van der Waals surface area contributed by atoms with Crippen molar-refractivity contribution in [2.24, 2.45) is 17.8 Å². The molecule has 1 N–H and O–H groups in total. The van der Waals surface area contributed by atoms with E-state index in [9.17, 15) is 26.3 Å². The van der Waals surface area contributed by atoms with E-state index >= 15 is 14.4 Å². The fourth-order valence-electron chi connectivity index (χ4n) is 16.3. The number of nitrogens with zero attached hydrogens (tertiary/aromatic N) is 13. The molecule has 104 heavy (non-hydrogen) atoms. The van der Waals surface area contributed by atoms with Crippen molar-refractivity contribution in [3.63, 3.8) is 0 Å². The van der Waals surface area contributed by atoms with Crippen LogP contribution >= 0.6 is 0 Å². The summed E-state index contributed by atoms with van der Waals surface area (Å²) in [5.74, 6) is 0.491. The Labute approximate surface area is 602 Å². The molecule has 5 fully saturated rings. The highest BCUT2D eigenvalue weighted by Crippen LogP contribution is 2.49. The highest BCUT2D eigenvalue weighted by molar-refractivity contribution is 6.03. The zero-order valence-electron chi connectivity index (χ0n) is 59.2. The number of carbonyl (C=O) groups excluding carboxylic acids is 3. The van der Waals surface area contributed by atoms with Crippen LogP contribution in [0.4, 0.5) is 95.0 Å². The van der Waals surface area contributed by atoms with Crippen LogP contribution in [0.1, 0.15) is 93.7 Å². The van der Waals surface area contributed by atoms with Crippen LogP contribution in [0.5, 0.6) is 0 Å². The van der Waals surface area contributed by atoms with E-state index in [-0.39, 0.29) is 81.0 Å². The van der Waals surface area contributed by atoms with Gasteiger partial charge in [0.25, 0.3) is 0 Å². The summed E-state index contributed by atoms with van der Waals surface area (Å²) < 4.78 is 98.2. The maximum atomic E-state index is 15.8. The summed E-state index contributed by atoms with van der Waals surface area (Å²) in [5.41, 5.74) is 8.67. The van der Waals surface area contributed by atoms with Gasteiger partial charge in [0, 0.05) is 157 Å². The number of alkyl halides is 6. The topological polar surface area (TPSA) is 180 Å². The van der Waals surface area contributed by atoms with Gasteiger partial charge in [0.05, 0.1) is 98.4 Å². The standard InChI is InChI=1S/C76H92F6N14O8/c1-100-41-39-91(40-42-101-2)57-16-25-63-66(43-57)92(46-54-7-4-28-83-69(54)86-63)72(97)52-12-21-61(22-13-52)103-96-65-27-18-59(90-37-33-88(34-38-90)50-76(80,81)82)45-68(65)94(48-56-9-6-30-85-71(56)96)74(99)53-14-23-62(24-15-53)104-95-64-26-17-58(89-35-31-87(32-36-89)49-75(77,78)79)44-67(64)93(47-55-8-5-29-84-70(55)95)73(98)51-10-19-60(102-3)20-11-51/h4-9,16-18,25-30,43-45,51-53,60-62H,10-15,19-24,31-42,46-50H2,1-3H3,(H,83,86)/t51-,52-,53-,60-,61-,62+. The fraction of sp³-hybridized carbons (Fsp3) is 0.526. The Morgan fingerprint density at radius 3 is 1.32 bits per heavy atom. The largest absolute Gasteiger partial charge is 0.401 e. The lowest BCUT2D eigenvalue weighted by Gasteiger charge is -2.38. The first-order valence-electron chi connectivity index (χ1n) is 36.6. The van der Waals surface area contributed by atoms with E-state index < -0.39 is 37.5 Å². The number of halogens is 6. The van der Waals surface area contributed by atoms with Crippen LogP contribution in [0, 0.1) is 17.8 Å². The van der Waals surface area contributed by atoms with Gasteiger partial charge in [-0.2, -0.15) is 26.3 Å². The molecular formula is C76H92F6N14O8. The molecule has 3 aliphatic carbocycles. The summed E-state index contributed by atoms with van der Waals surface area (Å²) >= 11 is 0. The predicted molar refractivity (Wildman–Crippen MR) is 385 cm³/mol. The van der Waals surface area contributed by atoms with Crippen LogP contribution in [0.25, 0.3) is 0 Å². The molecule has 3 aromatic carbocycles. The van der Waals surface area contributed by atoms with E-state index in [2.05, 4.69) is 31.1 Å². The third-order valence-electron chi connectivity index (χ3n) is 21.9. The van der Waals surface area contributed by atoms with Gasteiger partial charge in [0.1, 0.15) is 5.82 Å². The van der Waals surface area contributed by atoms with Gasteiger partial charge in [0.2, 0.25) is 17.7 Å². The smallest absolute Gasteiger partial charge is 0.383 e. The van der Waals surface area contributed by atoms with Crippen LogP contribution in [0.3, 0.4) is 0 Å². The molecule has 3 amide bonds. The zero-order valence-corrected chi connectivity index (χ0v) is 59.2. The number of aromatic nitrogens is 3. The van der Waals surface area contributed by atoms with E-state index in [1.54, 1.807) is 50.0 Å². The van der Waals surface area contributed by atoms with Crippen molar-refractivity contribution >= 4 is 86.4 Å². The van der Waals surface area contributed by atoms with Gasteiger partial charge in [-0.1, -0.05) is 18.2 Å². The molecule has 0 bridgehead atoms. The van der Waals surface area contributed by atoms with E-state index in [0.717, 1.165) is 58.0 Å². The van der Waals surface area contributed by atoms with E-state index in [1.807, 2.05) is 99.6 Å². The number of methoxy groups -OCH3 is 3. The van der Waals surface area contributed by atoms with E-state index in [0.29, 0.717) is 163 Å². The number of hydrogen-bond donors (Lipinski definition) is 1. The van der Waals surface area contributed by atoms with Crippen molar-refractivity contribution in [1.82, 2.24) is 24.8 Å². The number of nitrogens with one attached hydrogen (secondary N) is 1. The second-order valence-corrected chi connectivity index (χ2v) is 28.6. The molecule has 6 aromatic rings. The third kappa shape index (κ3) is 16.4. The van der Waals surface area contributed by atoms with Gasteiger partial charge in [-0.3, -0.25) is 33.9 Å². The second-order valence-electron chi connectivity index (χ2n) is 28.6. The Kier molecular flexibility index (Phi) is 22.2. The molecule has 0 radical (unpaired) electrons. The lowest BCUT2D eigenvalue weighted by molar-refractivity contribution is -0.147. The summed E-state index contributed by atoms with van der Waals surface area (Å²) in [6.07, 6.45) is 2.57. The summed E-state index contributed by atoms with van der Waals surface area (Å²) in [4.78, 5) is 89.7. The summed E-state index contributed by atoms with van der Waals surface area (Å²) in [6.45, 7) is 3.16. The Bertz CT molecular complexity index is 3980. The molecule has 556 valence electrons. The van der Waals surface area contributed by atoms with Gasteiger partial charge < -0.3 is 48.9 Å². The molecule has 3 aromatic heterocycles. The van der Waals surface area contributed by atoms with Crippen LogP contribution in [-0.2, 0) is 57.9 Å². The van der Waals surface area contributed by atoms with Crippen molar-refractivity contribution in [1.29, 1.82) is 0 Å². The number of rotatable bonds is 19. The average molecular weight is 1440 g/mol. The Morgan fingerprint density at radius 1 is 0.471 bits per heavy atom. The SMILES string of the molecule is COCCN(CCOC)c1ccc2c(c1)N(C(=O)[C@H]1CC[C@H](ON3c4ccc(N5CCN(CC(F)(F)F)CC5)cc4N(C(=O)[C@H]4CC[C@@H](ON5c6ccc(N7CCN(CC(F)(F)F)CC7)cc6N(C(=O)[C@H]6CC[C@H](OC)CC6)Cc6cccnc65)CC4)Cc4cccnc43)CC1)Cc1cccnc1N2. The number of anilines is 12. The van der Waals surface area contributed by atoms with Crippen LogP contribution in [0.2, 0.25) is 0 Å². The fourth-order valence-corrected chi connectivity index (χ4v) is 16.3. The van der Waals surface area contributed by atoms with E-state index in [4.69, 9.17) is 33.9 Å². The van der Waals surface area contributed by atoms with Gasteiger partial charge >= 0.3 is 12.4 Å². The highest BCUT2D eigenvalue weighted by Gasteiger charge is 2.43. The van der Waals surface area contributed by atoms with Gasteiger partial charge in [-0.05, 0) is 150 Å². The van der Waals surface area contributed by atoms with Crippen molar-refractivity contribution in [2.75, 3.05) is 158 Å². The van der Waals surface area contributed by atoms with Crippen LogP contribution in [0.15, 0.2) is 110 Å². The first-order chi connectivity index (χ1) is 50.3. The van der Waals surface area contributed by atoms with Crippen LogP contribution in [-0.4, -0.2) is 186 Å². The number of hydrogen-bond acceptors (Lipinski definition) is 19. The number of fused-ring (bicyclic) bond motifs is 6. The second kappa shape index (κ2) is 31.7. The molecular weight excluding hydrogens is 1350 g/mol. The number of amides is 3. The molecule has 0 atom stereocenters. The molecule has 28 heteroatoms. The number of pyridine rings is 3. The van der Waals surface area contributed by atoms with Crippen molar-refractivity contribution in [2.45, 2.75) is 127 Å². The monoisotopic (exact) mass is 1440 g/mol. The molecule has 22 nitrogen and oxygen atoms in total. The van der Waals surface area contributed by atoms with Crippen LogP contribution < -0.4 is 44.8 Å². The number of carbonyl (C=O) groups is 3. The first kappa shape index (κ1) is 72.6. The molecule has 14 rings (SSSR count). The Balaban J connectivity index is 0.717. The zero-order chi connectivity index (χ0) is 72.2. The molecule has 2 saturated heterocycles. The molecule has 0 unspecified atom stereocenters. The maximum absolute atomic E-state index is 15.8. The normalized spacial score (nSPS) is 22.6. The summed E-state index contributed by atoms with van der Waals surface area (Å²) in [7, 11) is 5.05. The molecule has 0 spiro atoms. The van der Waals surface area contributed by atoms with Gasteiger partial charge in [-0.25, -0.2) is 25.1 Å². The lowest BCUT2D eigenvalue weighted by atomic mass is 9.86. The third-order valence-corrected chi connectivity index (χ3v) is 21.9. The van der Waals surface area contributed by atoms with E-state index in [1.165, 1.54) is 9.80 Å². The minimum absolute atomic E-state index is 0.00424. The number of ether oxygens (including phenoxy) is 3. The summed E-state index contributed by atoms with van der Waals surface area (Å²) in [5, 5.41) is 7.00. The Hall–Kier alpha value is -8.38. The molecule has 3 saturated carbocycles. The predicted octanol–water partition coefficient (Wildman–Crippen LogP) is 12.5. The van der Waals surface area contributed by atoms with Crippen molar-refractivity contribution in [3.8, 4) is 0 Å². The maximum Gasteiger partial charge on any atom is 0.401 e. The Morgan fingerprint density at radius 2 is 0.885 bits per heavy atom. The first-order valence-corrected chi connectivity index (χ1v) is 36.6. The highest BCUT2D eigenvalue weighted by atomic mass is 19.4. The summed E-state index contributed by atoms with van der Waals surface area (Å²) in [6, 6.07) is 29.1. The van der Waals surface area contributed by atoms with Crippen molar-refractivity contribution < 1.29 is 64.6 Å². The minimum Gasteiger partial charge on any atom is -0.383 e. The average Bonchev–Trinajstić information content (AvgIpc) is 1.58. The lowest BCUT2D eigenvalue weighted by Crippen LogP contribution is -2.49. The van der Waals surface area contributed by atoms with Crippen molar-refractivity contribution in [3.05, 3.63) is 126 Å². The quantitative estimate of drug-likeness (QED) is 0.0756. The number of benzene rings is 3.